The van der Waals surface area contributed by atoms with E-state index in [-0.39, 0.29) is 23.3 Å². The molecule has 0 aliphatic rings. The van der Waals surface area contributed by atoms with Crippen molar-refractivity contribution < 1.29 is 38.9 Å². The molecule has 0 aliphatic heterocycles. The van der Waals surface area contributed by atoms with Crippen LogP contribution in [0.5, 0.6) is 17.2 Å². The third-order valence-corrected chi connectivity index (χ3v) is 6.32. The van der Waals surface area contributed by atoms with Gasteiger partial charge in [0.25, 0.3) is 0 Å². The van der Waals surface area contributed by atoms with Crippen molar-refractivity contribution in [2.24, 2.45) is 0 Å². The van der Waals surface area contributed by atoms with Crippen LogP contribution in [0.4, 0.5) is 0 Å². The third-order valence-electron chi connectivity index (χ3n) is 6.32. The SMILES string of the molecule is CCCCCOC(=O)c1c(C(=O)c2ccccc2)c(O)c(O)c(OC(=O)c2ccccc2)c1C(=O)c1ccccc1. The summed E-state index contributed by atoms with van der Waals surface area (Å²) in [6, 6.07) is 23.3. The fraction of sp³-hybridized carbons (Fsp3) is 0.152. The van der Waals surface area contributed by atoms with Crippen LogP contribution in [0.15, 0.2) is 91.0 Å². The maximum Gasteiger partial charge on any atom is 0.343 e. The normalized spacial score (nSPS) is 10.6. The van der Waals surface area contributed by atoms with E-state index in [4.69, 9.17) is 9.47 Å². The minimum absolute atomic E-state index is 0.0224. The maximum atomic E-state index is 14.0. The van der Waals surface area contributed by atoms with E-state index in [0.717, 1.165) is 12.8 Å². The van der Waals surface area contributed by atoms with Gasteiger partial charge in [0, 0.05) is 11.1 Å². The van der Waals surface area contributed by atoms with Gasteiger partial charge in [0.1, 0.15) is 0 Å². The number of aromatic hydroxyl groups is 2. The second-order valence-electron chi connectivity index (χ2n) is 9.14. The number of esters is 2. The summed E-state index contributed by atoms with van der Waals surface area (Å²) >= 11 is 0. The summed E-state index contributed by atoms with van der Waals surface area (Å²) in [6.45, 7) is 1.95. The fourth-order valence-corrected chi connectivity index (χ4v) is 4.23. The topological polar surface area (TPSA) is 127 Å². The summed E-state index contributed by atoms with van der Waals surface area (Å²) in [5.41, 5.74) is -1.61. The van der Waals surface area contributed by atoms with E-state index in [9.17, 15) is 29.4 Å². The second kappa shape index (κ2) is 13.2. The van der Waals surface area contributed by atoms with Gasteiger partial charge in [-0.25, -0.2) is 9.59 Å². The molecular weight excluding hydrogens is 524 g/mol. The van der Waals surface area contributed by atoms with Crippen molar-refractivity contribution in [3.8, 4) is 17.2 Å². The van der Waals surface area contributed by atoms with Crippen molar-refractivity contribution in [2.45, 2.75) is 26.2 Å². The summed E-state index contributed by atoms with van der Waals surface area (Å²) in [5.74, 6) is -6.58. The lowest BCUT2D eigenvalue weighted by Crippen LogP contribution is -2.22. The number of ether oxygens (including phenoxy) is 2. The highest BCUT2D eigenvalue weighted by Gasteiger charge is 2.37. The Morgan fingerprint density at radius 3 is 1.59 bits per heavy atom. The van der Waals surface area contributed by atoms with Crippen LogP contribution in [0, 0.1) is 0 Å². The van der Waals surface area contributed by atoms with Gasteiger partial charge in [-0.2, -0.15) is 0 Å². The highest BCUT2D eigenvalue weighted by atomic mass is 16.5. The van der Waals surface area contributed by atoms with Crippen LogP contribution >= 0.6 is 0 Å². The molecule has 0 aromatic heterocycles. The van der Waals surface area contributed by atoms with Gasteiger partial charge in [-0.15, -0.1) is 0 Å². The highest BCUT2D eigenvalue weighted by molar-refractivity contribution is 6.24. The molecule has 0 radical (unpaired) electrons. The lowest BCUT2D eigenvalue weighted by molar-refractivity contribution is 0.0489. The molecule has 4 aromatic carbocycles. The number of hydrogen-bond donors (Lipinski definition) is 2. The zero-order valence-electron chi connectivity index (χ0n) is 22.3. The number of unbranched alkanes of at least 4 members (excludes halogenated alkanes) is 2. The average Bonchev–Trinajstić information content (AvgIpc) is 3.02. The smallest absolute Gasteiger partial charge is 0.343 e. The Kier molecular flexibility index (Phi) is 9.27. The number of carbonyl (C=O) groups is 4. The van der Waals surface area contributed by atoms with Gasteiger partial charge in [-0.1, -0.05) is 98.6 Å². The Morgan fingerprint density at radius 2 is 1.07 bits per heavy atom. The minimum atomic E-state index is -1.09. The van der Waals surface area contributed by atoms with Gasteiger partial charge in [0.15, 0.2) is 23.1 Å². The molecule has 0 spiro atoms. The average molecular weight is 553 g/mol. The van der Waals surface area contributed by atoms with E-state index in [1.807, 2.05) is 6.92 Å². The molecule has 8 heteroatoms. The molecular formula is C33H28O8. The Balaban J connectivity index is 1.99. The van der Waals surface area contributed by atoms with Gasteiger partial charge in [-0.3, -0.25) is 9.59 Å². The van der Waals surface area contributed by atoms with Crippen molar-refractivity contribution in [3.05, 3.63) is 124 Å². The second-order valence-corrected chi connectivity index (χ2v) is 9.14. The van der Waals surface area contributed by atoms with Crippen molar-refractivity contribution in [2.75, 3.05) is 6.61 Å². The molecule has 8 nitrogen and oxygen atoms in total. The first kappa shape index (κ1) is 28.8. The van der Waals surface area contributed by atoms with E-state index >= 15 is 0 Å². The van der Waals surface area contributed by atoms with Crippen LogP contribution in [-0.4, -0.2) is 40.3 Å². The Hall–Kier alpha value is -5.24. The Morgan fingerprint density at radius 1 is 0.585 bits per heavy atom. The monoisotopic (exact) mass is 552 g/mol. The lowest BCUT2D eigenvalue weighted by Gasteiger charge is -2.20. The van der Waals surface area contributed by atoms with E-state index in [1.165, 1.54) is 36.4 Å². The van der Waals surface area contributed by atoms with Crippen LogP contribution < -0.4 is 4.74 Å². The zero-order chi connectivity index (χ0) is 29.4. The highest BCUT2D eigenvalue weighted by Crippen LogP contribution is 2.46. The number of phenolic OH excluding ortho intramolecular Hbond substituents is 2. The Labute approximate surface area is 236 Å². The lowest BCUT2D eigenvalue weighted by atomic mass is 9.88. The molecule has 0 fully saturated rings. The summed E-state index contributed by atoms with van der Waals surface area (Å²) in [7, 11) is 0. The van der Waals surface area contributed by atoms with E-state index < -0.39 is 57.4 Å². The molecule has 0 heterocycles. The standard InChI is InChI=1S/C33H28O8/c1-2-3-13-20-40-33(39)24-25(27(34)21-14-7-4-8-15-21)29(36)30(37)31(41-32(38)23-18-11-6-12-19-23)26(24)28(35)22-16-9-5-10-17-22/h4-12,14-19,36-37H,2-3,13,20H2,1H3. The van der Waals surface area contributed by atoms with Crippen LogP contribution in [0.25, 0.3) is 0 Å². The van der Waals surface area contributed by atoms with Crippen LogP contribution in [0.1, 0.15) is 78.7 Å². The van der Waals surface area contributed by atoms with Crippen molar-refractivity contribution in [1.29, 1.82) is 0 Å². The predicted octanol–water partition coefficient (Wildman–Crippen LogP) is 6.13. The number of phenols is 2. The van der Waals surface area contributed by atoms with E-state index in [0.29, 0.717) is 6.42 Å². The van der Waals surface area contributed by atoms with Gasteiger partial charge in [0.05, 0.1) is 28.9 Å². The van der Waals surface area contributed by atoms with Gasteiger partial charge in [-0.05, 0) is 18.6 Å². The molecule has 41 heavy (non-hydrogen) atoms. The molecule has 2 N–H and O–H groups in total. The van der Waals surface area contributed by atoms with Gasteiger partial charge in [0.2, 0.25) is 5.75 Å². The first-order chi connectivity index (χ1) is 19.8. The third kappa shape index (κ3) is 6.33. The number of carbonyl (C=O) groups excluding carboxylic acids is 4. The molecule has 4 aromatic rings. The van der Waals surface area contributed by atoms with Crippen LogP contribution in [0.2, 0.25) is 0 Å². The summed E-state index contributed by atoms with van der Waals surface area (Å²) in [6.07, 6.45) is 2.14. The molecule has 0 saturated carbocycles. The summed E-state index contributed by atoms with van der Waals surface area (Å²) < 4.78 is 10.9. The number of benzene rings is 4. The zero-order valence-corrected chi connectivity index (χ0v) is 22.3. The molecule has 208 valence electrons. The molecule has 0 bridgehead atoms. The van der Waals surface area contributed by atoms with E-state index in [2.05, 4.69) is 0 Å². The van der Waals surface area contributed by atoms with Crippen LogP contribution in [0.3, 0.4) is 0 Å². The fourth-order valence-electron chi connectivity index (χ4n) is 4.23. The molecule has 0 amide bonds. The maximum absolute atomic E-state index is 14.0. The van der Waals surface area contributed by atoms with Crippen molar-refractivity contribution >= 4 is 23.5 Å². The molecule has 0 aliphatic carbocycles. The summed E-state index contributed by atoms with van der Waals surface area (Å²) in [4.78, 5) is 54.3. The Bertz CT molecular complexity index is 1560. The molecule has 4 rings (SSSR count). The van der Waals surface area contributed by atoms with Gasteiger partial charge < -0.3 is 19.7 Å². The van der Waals surface area contributed by atoms with Gasteiger partial charge >= 0.3 is 11.9 Å². The predicted molar refractivity (Wildman–Crippen MR) is 151 cm³/mol. The molecule has 0 atom stereocenters. The molecule has 0 unspecified atom stereocenters. The number of rotatable bonds is 11. The minimum Gasteiger partial charge on any atom is -0.504 e. The van der Waals surface area contributed by atoms with Crippen molar-refractivity contribution in [1.82, 2.24) is 0 Å². The quantitative estimate of drug-likeness (QED) is 0.0748. The van der Waals surface area contributed by atoms with Crippen LogP contribution in [-0.2, 0) is 4.74 Å². The first-order valence-corrected chi connectivity index (χ1v) is 13.1. The summed E-state index contributed by atoms with van der Waals surface area (Å²) in [5, 5.41) is 22.2. The largest absolute Gasteiger partial charge is 0.504 e. The van der Waals surface area contributed by atoms with Crippen molar-refractivity contribution in [3.63, 3.8) is 0 Å². The molecule has 0 saturated heterocycles. The first-order valence-electron chi connectivity index (χ1n) is 13.1. The number of hydrogen-bond acceptors (Lipinski definition) is 8. The number of ketones is 2. The van der Waals surface area contributed by atoms with E-state index in [1.54, 1.807) is 54.6 Å².